The third kappa shape index (κ3) is 3.91. The zero-order chi connectivity index (χ0) is 16.8. The molecule has 0 aliphatic carbocycles. The number of rotatable bonds is 6. The van der Waals surface area contributed by atoms with E-state index in [9.17, 15) is 9.90 Å². The summed E-state index contributed by atoms with van der Waals surface area (Å²) in [5, 5.41) is 16.2. The summed E-state index contributed by atoms with van der Waals surface area (Å²) >= 11 is 0. The minimum Gasteiger partial charge on any atom is -0.394 e. The number of aliphatic hydroxyl groups excluding tert-OH is 1. The summed E-state index contributed by atoms with van der Waals surface area (Å²) in [6.07, 6.45) is 4.15. The number of H-pyrrole nitrogens is 1. The molecule has 0 aliphatic rings. The van der Waals surface area contributed by atoms with Crippen molar-refractivity contribution in [3.63, 3.8) is 0 Å². The van der Waals surface area contributed by atoms with E-state index < -0.39 is 0 Å². The molecular formula is C18H20N4O2. The Labute approximate surface area is 139 Å². The number of aromatic nitrogens is 2. The molecule has 6 nitrogen and oxygen atoms in total. The van der Waals surface area contributed by atoms with Crippen LogP contribution in [-0.2, 0) is 13.0 Å². The summed E-state index contributed by atoms with van der Waals surface area (Å²) in [4.78, 5) is 19.4. The third-order valence-corrected chi connectivity index (χ3v) is 3.85. The fraction of sp³-hybridized carbons (Fsp3) is 0.222. The van der Waals surface area contributed by atoms with Gasteiger partial charge in [-0.15, -0.1) is 0 Å². The molecule has 0 saturated carbocycles. The molecule has 6 heteroatoms. The second kappa shape index (κ2) is 7.61. The molecule has 3 rings (SSSR count). The van der Waals surface area contributed by atoms with E-state index in [2.05, 4.69) is 20.6 Å². The lowest BCUT2D eigenvalue weighted by Crippen LogP contribution is -2.44. The summed E-state index contributed by atoms with van der Waals surface area (Å²) in [6.45, 7) is 0.217. The van der Waals surface area contributed by atoms with Crippen LogP contribution in [0.3, 0.4) is 0 Å². The predicted molar refractivity (Wildman–Crippen MR) is 92.5 cm³/mol. The van der Waals surface area contributed by atoms with Gasteiger partial charge in [-0.1, -0.05) is 24.3 Å². The minimum atomic E-state index is -0.354. The first kappa shape index (κ1) is 16.0. The second-order valence-corrected chi connectivity index (χ2v) is 5.59. The number of carbonyl (C=O) groups is 1. The second-order valence-electron chi connectivity index (χ2n) is 5.59. The molecule has 0 bridgehead atoms. The highest BCUT2D eigenvalue weighted by molar-refractivity contribution is 5.83. The molecule has 4 N–H and O–H groups in total. The maximum atomic E-state index is 12.0. The van der Waals surface area contributed by atoms with Crippen molar-refractivity contribution < 1.29 is 9.90 Å². The van der Waals surface area contributed by atoms with Crippen LogP contribution in [0.5, 0.6) is 0 Å². The molecule has 1 unspecified atom stereocenters. The summed E-state index contributed by atoms with van der Waals surface area (Å²) in [5.41, 5.74) is 2.89. The molecule has 2 heterocycles. The molecule has 0 spiro atoms. The van der Waals surface area contributed by atoms with Crippen LogP contribution in [-0.4, -0.2) is 33.8 Å². The summed E-state index contributed by atoms with van der Waals surface area (Å²) in [5.74, 6) is 0. The van der Waals surface area contributed by atoms with Gasteiger partial charge in [0.1, 0.15) is 0 Å². The predicted octanol–water partition coefficient (Wildman–Crippen LogP) is 1.97. The molecule has 124 valence electrons. The van der Waals surface area contributed by atoms with E-state index in [4.69, 9.17) is 0 Å². The fourth-order valence-electron chi connectivity index (χ4n) is 2.64. The van der Waals surface area contributed by atoms with E-state index in [0.717, 1.165) is 22.2 Å². The van der Waals surface area contributed by atoms with Gasteiger partial charge in [0.15, 0.2) is 0 Å². The van der Waals surface area contributed by atoms with Gasteiger partial charge in [-0.2, -0.15) is 0 Å². The Bertz CT molecular complexity index is 801. The van der Waals surface area contributed by atoms with Gasteiger partial charge in [0.25, 0.3) is 0 Å². The van der Waals surface area contributed by atoms with Crippen LogP contribution in [0, 0.1) is 0 Å². The van der Waals surface area contributed by atoms with Gasteiger partial charge in [0, 0.05) is 23.3 Å². The lowest BCUT2D eigenvalue weighted by molar-refractivity contribution is 0.215. The van der Waals surface area contributed by atoms with Crippen molar-refractivity contribution in [3.05, 3.63) is 66.1 Å². The molecule has 1 aromatic carbocycles. The molecule has 1 atom stereocenters. The molecule has 24 heavy (non-hydrogen) atoms. The van der Waals surface area contributed by atoms with E-state index in [0.29, 0.717) is 13.0 Å². The summed E-state index contributed by atoms with van der Waals surface area (Å²) in [7, 11) is 0. The van der Waals surface area contributed by atoms with E-state index in [1.54, 1.807) is 6.20 Å². The first-order valence-corrected chi connectivity index (χ1v) is 7.86. The molecule has 2 aromatic heterocycles. The van der Waals surface area contributed by atoms with Crippen LogP contribution < -0.4 is 10.6 Å². The molecule has 2 amide bonds. The minimum absolute atomic E-state index is 0.128. The van der Waals surface area contributed by atoms with Crippen molar-refractivity contribution in [3.8, 4) is 0 Å². The van der Waals surface area contributed by atoms with Gasteiger partial charge in [0.05, 0.1) is 24.9 Å². The maximum absolute atomic E-state index is 12.0. The molecule has 0 saturated heterocycles. The number of nitrogens with zero attached hydrogens (tertiary/aromatic N) is 1. The average Bonchev–Trinajstić information content (AvgIpc) is 3.03. The molecule has 0 radical (unpaired) electrons. The first-order valence-electron chi connectivity index (χ1n) is 7.86. The van der Waals surface area contributed by atoms with E-state index in [-0.39, 0.29) is 18.7 Å². The number of urea groups is 1. The molecular weight excluding hydrogens is 304 g/mol. The Morgan fingerprint density at radius 2 is 2.04 bits per heavy atom. The number of aromatic amines is 1. The normalized spacial score (nSPS) is 12.0. The fourth-order valence-corrected chi connectivity index (χ4v) is 2.64. The zero-order valence-electron chi connectivity index (χ0n) is 13.2. The van der Waals surface area contributed by atoms with Gasteiger partial charge in [-0.05, 0) is 30.2 Å². The monoisotopic (exact) mass is 324 g/mol. The van der Waals surface area contributed by atoms with E-state index in [1.807, 2.05) is 48.7 Å². The number of hydrogen-bond donors (Lipinski definition) is 4. The average molecular weight is 324 g/mol. The Hall–Kier alpha value is -2.86. The van der Waals surface area contributed by atoms with E-state index >= 15 is 0 Å². The Morgan fingerprint density at radius 3 is 2.83 bits per heavy atom. The van der Waals surface area contributed by atoms with Crippen molar-refractivity contribution in [2.45, 2.75) is 19.0 Å². The van der Waals surface area contributed by atoms with Crippen LogP contribution >= 0.6 is 0 Å². The SMILES string of the molecule is O=C(NCc1ccccn1)NC(CO)Cc1c[nH]c2ccccc12. The number of nitrogens with one attached hydrogen (secondary N) is 3. The Kier molecular flexibility index (Phi) is 5.08. The van der Waals surface area contributed by atoms with Gasteiger partial charge in [0.2, 0.25) is 0 Å². The Morgan fingerprint density at radius 1 is 1.21 bits per heavy atom. The number of pyridine rings is 1. The number of hydrogen-bond acceptors (Lipinski definition) is 3. The lowest BCUT2D eigenvalue weighted by Gasteiger charge is -2.16. The van der Waals surface area contributed by atoms with Crippen LogP contribution in [0.15, 0.2) is 54.9 Å². The molecule has 0 fully saturated rings. The largest absolute Gasteiger partial charge is 0.394 e. The first-order chi connectivity index (χ1) is 11.8. The highest BCUT2D eigenvalue weighted by Crippen LogP contribution is 2.18. The van der Waals surface area contributed by atoms with Crippen LogP contribution in [0.1, 0.15) is 11.3 Å². The standard InChI is InChI=1S/C18H20N4O2/c23-12-15(9-13-10-20-17-7-2-1-6-16(13)17)22-18(24)21-11-14-5-3-4-8-19-14/h1-8,10,15,20,23H,9,11-12H2,(H2,21,22,24). The lowest BCUT2D eigenvalue weighted by atomic mass is 10.1. The molecule has 3 aromatic rings. The highest BCUT2D eigenvalue weighted by Gasteiger charge is 2.14. The number of fused-ring (bicyclic) bond motifs is 1. The van der Waals surface area contributed by atoms with Gasteiger partial charge in [-0.25, -0.2) is 4.79 Å². The zero-order valence-corrected chi connectivity index (χ0v) is 13.2. The molecule has 0 aliphatic heterocycles. The smallest absolute Gasteiger partial charge is 0.315 e. The number of para-hydroxylation sites is 1. The van der Waals surface area contributed by atoms with Crippen molar-refractivity contribution in [1.82, 2.24) is 20.6 Å². The maximum Gasteiger partial charge on any atom is 0.315 e. The topological polar surface area (TPSA) is 90.0 Å². The van der Waals surface area contributed by atoms with E-state index in [1.165, 1.54) is 0 Å². The Balaban J connectivity index is 1.57. The number of benzene rings is 1. The number of carbonyl (C=O) groups excluding carboxylic acids is 1. The van der Waals surface area contributed by atoms with Crippen LogP contribution in [0.4, 0.5) is 4.79 Å². The van der Waals surface area contributed by atoms with Crippen molar-refractivity contribution in [2.24, 2.45) is 0 Å². The third-order valence-electron chi connectivity index (χ3n) is 3.85. The summed E-state index contributed by atoms with van der Waals surface area (Å²) < 4.78 is 0. The quantitative estimate of drug-likeness (QED) is 0.559. The van der Waals surface area contributed by atoms with Gasteiger partial charge >= 0.3 is 6.03 Å². The van der Waals surface area contributed by atoms with Crippen molar-refractivity contribution in [1.29, 1.82) is 0 Å². The number of aliphatic hydroxyl groups is 1. The van der Waals surface area contributed by atoms with Gasteiger partial charge in [-0.3, -0.25) is 4.98 Å². The van der Waals surface area contributed by atoms with Crippen molar-refractivity contribution >= 4 is 16.9 Å². The van der Waals surface area contributed by atoms with Crippen LogP contribution in [0.25, 0.3) is 10.9 Å². The van der Waals surface area contributed by atoms with Crippen molar-refractivity contribution in [2.75, 3.05) is 6.61 Å². The highest BCUT2D eigenvalue weighted by atomic mass is 16.3. The van der Waals surface area contributed by atoms with Crippen LogP contribution in [0.2, 0.25) is 0 Å². The van der Waals surface area contributed by atoms with Gasteiger partial charge < -0.3 is 20.7 Å². The number of amides is 2. The summed E-state index contributed by atoms with van der Waals surface area (Å²) in [6, 6.07) is 12.8.